The van der Waals surface area contributed by atoms with Gasteiger partial charge in [0.1, 0.15) is 6.04 Å². The fraction of sp³-hybridized carbons (Fsp3) is 0.238. The Morgan fingerprint density at radius 2 is 1.73 bits per heavy atom. The van der Waals surface area contributed by atoms with E-state index in [1.807, 2.05) is 48.5 Å². The summed E-state index contributed by atoms with van der Waals surface area (Å²) in [5.41, 5.74) is 4.00. The molecule has 4 nitrogen and oxygen atoms in total. The molecular weight excluding hydrogens is 348 g/mol. The number of hydrogen-bond donors (Lipinski definition) is 0. The van der Waals surface area contributed by atoms with E-state index in [1.165, 1.54) is 5.54 Å². The zero-order valence-electron chi connectivity index (χ0n) is 14.6. The fourth-order valence-electron chi connectivity index (χ4n) is 3.20. The van der Waals surface area contributed by atoms with Gasteiger partial charge in [0.25, 0.3) is 5.91 Å². The van der Waals surface area contributed by atoms with Crippen LogP contribution in [-0.4, -0.2) is 41.2 Å². The van der Waals surface area contributed by atoms with E-state index in [0.717, 1.165) is 11.1 Å². The van der Waals surface area contributed by atoms with Gasteiger partial charge in [0.05, 0.1) is 0 Å². The highest BCUT2D eigenvalue weighted by Crippen LogP contribution is 2.27. The minimum Gasteiger partial charge on any atom is -0.340 e. The van der Waals surface area contributed by atoms with E-state index < -0.39 is 6.04 Å². The van der Waals surface area contributed by atoms with Crippen molar-refractivity contribution in [2.24, 2.45) is 0 Å². The maximum absolute atomic E-state index is 13.0. The molecule has 3 rings (SSSR count). The number of halogens is 1. The van der Waals surface area contributed by atoms with E-state index in [-0.39, 0.29) is 11.8 Å². The number of rotatable bonds is 4. The summed E-state index contributed by atoms with van der Waals surface area (Å²) in [5.74, 6) is -0.225. The normalized spacial score (nSPS) is 18.2. The third-order valence-corrected chi connectivity index (χ3v) is 4.87. The van der Waals surface area contributed by atoms with Crippen molar-refractivity contribution in [1.29, 1.82) is 0 Å². The molecule has 26 heavy (non-hydrogen) atoms. The molecule has 0 saturated carbocycles. The summed E-state index contributed by atoms with van der Waals surface area (Å²) in [6.07, 6.45) is 0.472. The molecule has 2 aromatic rings. The number of likely N-dealkylation sites (N-methyl/N-ethyl adjacent to an activating group) is 1. The van der Waals surface area contributed by atoms with Crippen molar-refractivity contribution in [3.8, 4) is 0 Å². The largest absolute Gasteiger partial charge is 0.340 e. The Hall–Kier alpha value is -2.59. The molecule has 0 aliphatic carbocycles. The van der Waals surface area contributed by atoms with E-state index >= 15 is 0 Å². The Kier molecular flexibility index (Phi) is 5.74. The Bertz CT molecular complexity index is 805. The van der Waals surface area contributed by atoms with Gasteiger partial charge >= 0.3 is 0 Å². The lowest BCUT2D eigenvalue weighted by molar-refractivity contribution is -0.134. The van der Waals surface area contributed by atoms with Crippen molar-refractivity contribution >= 4 is 23.4 Å². The Labute approximate surface area is 158 Å². The molecule has 1 saturated heterocycles. The number of amides is 2. The molecule has 1 fully saturated rings. The summed E-state index contributed by atoms with van der Waals surface area (Å²) in [6.45, 7) is 0.885. The van der Waals surface area contributed by atoms with Crippen LogP contribution >= 0.6 is 11.6 Å². The van der Waals surface area contributed by atoms with Gasteiger partial charge in [0.2, 0.25) is 5.91 Å². The number of hydrogen-bond acceptors (Lipinski definition) is 2. The number of likely N-dealkylation sites (tertiary alicyclic amines) is 1. The van der Waals surface area contributed by atoms with Crippen molar-refractivity contribution in [1.82, 2.24) is 9.80 Å². The molecule has 1 atom stereocenters. The fourth-order valence-corrected chi connectivity index (χ4v) is 3.36. The highest BCUT2D eigenvalue weighted by Gasteiger charge is 2.38. The maximum atomic E-state index is 13.0. The van der Waals surface area contributed by atoms with Crippen LogP contribution in [-0.2, 0) is 11.3 Å². The molecule has 0 unspecified atom stereocenters. The summed E-state index contributed by atoms with van der Waals surface area (Å²) in [7, 11) is 1.77. The number of nitrogens with zero attached hydrogens (tertiary/aromatic N) is 2. The van der Waals surface area contributed by atoms with Gasteiger partial charge in [-0.05, 0) is 23.3 Å². The van der Waals surface area contributed by atoms with Crippen LogP contribution in [0.25, 0.3) is 0 Å². The molecule has 0 aromatic heterocycles. The van der Waals surface area contributed by atoms with Crippen LogP contribution in [0.3, 0.4) is 0 Å². The van der Waals surface area contributed by atoms with E-state index in [0.29, 0.717) is 25.1 Å². The molecule has 0 radical (unpaired) electrons. The first-order chi connectivity index (χ1) is 12.6. The van der Waals surface area contributed by atoms with Crippen LogP contribution in [0.5, 0.6) is 0 Å². The van der Waals surface area contributed by atoms with Gasteiger partial charge < -0.3 is 9.80 Å². The van der Waals surface area contributed by atoms with Gasteiger partial charge in [-0.25, -0.2) is 0 Å². The minimum atomic E-state index is -0.526. The van der Waals surface area contributed by atoms with Crippen molar-refractivity contribution in [2.75, 3.05) is 13.6 Å². The van der Waals surface area contributed by atoms with Crippen LogP contribution in [0.1, 0.15) is 22.3 Å². The topological polar surface area (TPSA) is 40.6 Å². The van der Waals surface area contributed by atoms with Crippen LogP contribution < -0.4 is 0 Å². The highest BCUT2D eigenvalue weighted by molar-refractivity contribution is 6.25. The van der Waals surface area contributed by atoms with Crippen molar-refractivity contribution < 1.29 is 9.59 Å². The molecule has 1 heterocycles. The summed E-state index contributed by atoms with van der Waals surface area (Å²) in [4.78, 5) is 29.2. The molecule has 134 valence electrons. The third-order valence-electron chi connectivity index (χ3n) is 4.56. The average Bonchev–Trinajstić information content (AvgIpc) is 3.12. The summed E-state index contributed by atoms with van der Waals surface area (Å²) in [5, 5.41) is 0. The molecule has 5 heteroatoms. The minimum absolute atomic E-state index is 0.0772. The van der Waals surface area contributed by atoms with Crippen LogP contribution in [0.4, 0.5) is 0 Å². The molecular formula is C21H21ClN2O2. The zero-order valence-corrected chi connectivity index (χ0v) is 15.4. The first-order valence-corrected chi connectivity index (χ1v) is 8.97. The number of benzene rings is 2. The molecule has 2 amide bonds. The first kappa shape index (κ1) is 18.2. The Balaban J connectivity index is 1.79. The number of carbonyl (C=O) groups is 2. The number of carbonyl (C=O) groups excluding carboxylic acids is 2. The predicted octanol–water partition coefficient (Wildman–Crippen LogP) is 3.68. The quantitative estimate of drug-likeness (QED) is 0.825. The second kappa shape index (κ2) is 8.19. The van der Waals surface area contributed by atoms with Crippen molar-refractivity contribution in [3.63, 3.8) is 0 Å². The van der Waals surface area contributed by atoms with Crippen molar-refractivity contribution in [2.45, 2.75) is 19.0 Å². The molecule has 0 spiro atoms. The van der Waals surface area contributed by atoms with Crippen LogP contribution in [0.2, 0.25) is 0 Å². The molecule has 1 aliphatic heterocycles. The van der Waals surface area contributed by atoms with Gasteiger partial charge in [-0.1, -0.05) is 60.1 Å². The lowest BCUT2D eigenvalue weighted by Gasteiger charge is -2.28. The molecule has 1 aliphatic rings. The Morgan fingerprint density at radius 1 is 1.12 bits per heavy atom. The summed E-state index contributed by atoms with van der Waals surface area (Å²) < 4.78 is 0. The summed E-state index contributed by atoms with van der Waals surface area (Å²) >= 11 is 5.88. The monoisotopic (exact) mass is 368 g/mol. The van der Waals surface area contributed by atoms with Gasteiger partial charge in [0, 0.05) is 37.7 Å². The zero-order chi connectivity index (χ0) is 18.5. The first-order valence-electron chi connectivity index (χ1n) is 8.53. The van der Waals surface area contributed by atoms with E-state index in [1.54, 1.807) is 29.0 Å². The van der Waals surface area contributed by atoms with Gasteiger partial charge in [-0.3, -0.25) is 9.59 Å². The highest BCUT2D eigenvalue weighted by atomic mass is 35.5. The van der Waals surface area contributed by atoms with Crippen LogP contribution in [0, 0.1) is 0 Å². The molecule has 0 bridgehead atoms. The lowest BCUT2D eigenvalue weighted by Crippen LogP contribution is -2.46. The molecule has 0 N–H and O–H groups in total. The standard InChI is InChI=1S/C21H21ClN2O2/c1-23(14-16-8-4-2-5-9-16)21(26)19-12-17(13-22)15-24(19)20(25)18-10-6-3-7-11-18/h2-11,13,19H,12,14-15H2,1H3/t19-/m0/s1. The van der Waals surface area contributed by atoms with Crippen LogP contribution in [0.15, 0.2) is 71.8 Å². The van der Waals surface area contributed by atoms with Gasteiger partial charge in [0.15, 0.2) is 0 Å². The molecule has 2 aromatic carbocycles. The second-order valence-corrected chi connectivity index (χ2v) is 6.68. The lowest BCUT2D eigenvalue weighted by atomic mass is 10.1. The smallest absolute Gasteiger partial charge is 0.254 e. The summed E-state index contributed by atoms with van der Waals surface area (Å²) in [6, 6.07) is 18.3. The third kappa shape index (κ3) is 3.97. The van der Waals surface area contributed by atoms with Gasteiger partial charge in [-0.2, -0.15) is 0 Å². The maximum Gasteiger partial charge on any atom is 0.254 e. The van der Waals surface area contributed by atoms with Gasteiger partial charge in [-0.15, -0.1) is 0 Å². The average molecular weight is 369 g/mol. The van der Waals surface area contributed by atoms with E-state index in [4.69, 9.17) is 11.6 Å². The van der Waals surface area contributed by atoms with E-state index in [2.05, 4.69) is 0 Å². The predicted molar refractivity (Wildman–Crippen MR) is 103 cm³/mol. The Morgan fingerprint density at radius 3 is 2.35 bits per heavy atom. The SMILES string of the molecule is CN(Cc1ccccc1)C(=O)[C@@H]1CC(=CCl)CN1C(=O)c1ccccc1. The van der Waals surface area contributed by atoms with E-state index in [9.17, 15) is 9.59 Å². The second-order valence-electron chi connectivity index (χ2n) is 6.47. The van der Waals surface area contributed by atoms with Crippen molar-refractivity contribution in [3.05, 3.63) is 82.9 Å².